The molecule has 30 heavy (non-hydrogen) atoms. The van der Waals surface area contributed by atoms with E-state index in [9.17, 15) is 15.3 Å². The Bertz CT molecular complexity index is 849. The molecule has 1 aliphatic carbocycles. The highest BCUT2D eigenvalue weighted by Crippen LogP contribution is 2.36. The van der Waals surface area contributed by atoms with Gasteiger partial charge in [0.05, 0.1) is 25.4 Å². The van der Waals surface area contributed by atoms with Crippen LogP contribution in [0.3, 0.4) is 0 Å². The first kappa shape index (κ1) is 21.6. The summed E-state index contributed by atoms with van der Waals surface area (Å²) in [7, 11) is 0. The van der Waals surface area contributed by atoms with Gasteiger partial charge in [0.2, 0.25) is 0 Å². The molecule has 0 unspecified atom stereocenters. The Morgan fingerprint density at radius 2 is 1.80 bits per heavy atom. The smallest absolute Gasteiger partial charge is 0.119 e. The Kier molecular flexibility index (Phi) is 6.66. The molecule has 1 saturated carbocycles. The van der Waals surface area contributed by atoms with Gasteiger partial charge in [0.1, 0.15) is 18.0 Å². The van der Waals surface area contributed by atoms with E-state index in [1.54, 1.807) is 19.1 Å². The maximum absolute atomic E-state index is 10.5. The van der Waals surface area contributed by atoms with Crippen LogP contribution in [0.4, 0.5) is 0 Å². The molecule has 162 valence electrons. The first-order valence-corrected chi connectivity index (χ1v) is 11.0. The van der Waals surface area contributed by atoms with Gasteiger partial charge < -0.3 is 24.8 Å². The van der Waals surface area contributed by atoms with Crippen LogP contribution in [-0.2, 0) is 11.2 Å². The van der Waals surface area contributed by atoms with Gasteiger partial charge in [-0.15, -0.1) is 0 Å². The number of hydrogen-bond acceptors (Lipinski definition) is 5. The maximum Gasteiger partial charge on any atom is 0.119 e. The van der Waals surface area contributed by atoms with Crippen LogP contribution in [0.25, 0.3) is 0 Å². The van der Waals surface area contributed by atoms with Crippen LogP contribution >= 0.6 is 11.6 Å². The molecule has 5 nitrogen and oxygen atoms in total. The van der Waals surface area contributed by atoms with Crippen molar-refractivity contribution < 1.29 is 24.8 Å². The van der Waals surface area contributed by atoms with E-state index in [2.05, 4.69) is 0 Å². The van der Waals surface area contributed by atoms with E-state index in [1.165, 1.54) is 12.8 Å². The molecule has 2 aromatic rings. The zero-order valence-electron chi connectivity index (χ0n) is 17.1. The van der Waals surface area contributed by atoms with Crippen LogP contribution in [0.15, 0.2) is 42.5 Å². The largest absolute Gasteiger partial charge is 0.493 e. The molecule has 1 saturated heterocycles. The molecule has 0 aromatic heterocycles. The van der Waals surface area contributed by atoms with Crippen LogP contribution in [0.1, 0.15) is 42.6 Å². The third-order valence-corrected chi connectivity index (χ3v) is 6.55. The molecule has 2 aromatic carbocycles. The monoisotopic (exact) mass is 432 g/mol. The Morgan fingerprint density at radius 1 is 1.07 bits per heavy atom. The molecule has 3 N–H and O–H groups in total. The van der Waals surface area contributed by atoms with E-state index in [0.29, 0.717) is 11.4 Å². The SMILES string of the molecule is C[C@H]1[C@H](O)[C@@H](O)[C@@H](c2ccc(Cl)c(Cc3ccc(OCC4CC4)cc3)c2)O[C@@H]1CO. The Balaban J connectivity index is 1.48. The zero-order valence-corrected chi connectivity index (χ0v) is 17.8. The van der Waals surface area contributed by atoms with E-state index in [-0.39, 0.29) is 12.5 Å². The van der Waals surface area contributed by atoms with Crippen LogP contribution in [0, 0.1) is 11.8 Å². The van der Waals surface area contributed by atoms with Crippen molar-refractivity contribution in [2.45, 2.75) is 50.6 Å². The minimum absolute atomic E-state index is 0.211. The molecule has 1 heterocycles. The number of ether oxygens (including phenoxy) is 2. The molecular formula is C24H29ClO5. The van der Waals surface area contributed by atoms with E-state index < -0.39 is 24.4 Å². The minimum Gasteiger partial charge on any atom is -0.493 e. The molecule has 5 atom stereocenters. The lowest BCUT2D eigenvalue weighted by Crippen LogP contribution is -2.50. The highest BCUT2D eigenvalue weighted by molar-refractivity contribution is 6.31. The highest BCUT2D eigenvalue weighted by Gasteiger charge is 2.42. The van der Waals surface area contributed by atoms with Gasteiger partial charge in [-0.25, -0.2) is 0 Å². The lowest BCUT2D eigenvalue weighted by Gasteiger charge is -2.41. The molecule has 2 fully saturated rings. The van der Waals surface area contributed by atoms with Crippen molar-refractivity contribution in [1.29, 1.82) is 0 Å². The van der Waals surface area contributed by atoms with Crippen molar-refractivity contribution in [2.75, 3.05) is 13.2 Å². The Labute approximate surface area is 182 Å². The van der Waals surface area contributed by atoms with Gasteiger partial charge in [-0.2, -0.15) is 0 Å². The fraction of sp³-hybridized carbons (Fsp3) is 0.500. The van der Waals surface area contributed by atoms with Crippen molar-refractivity contribution in [1.82, 2.24) is 0 Å². The van der Waals surface area contributed by atoms with Gasteiger partial charge in [-0.3, -0.25) is 0 Å². The number of aliphatic hydroxyl groups excluding tert-OH is 3. The predicted molar refractivity (Wildman–Crippen MR) is 115 cm³/mol. The predicted octanol–water partition coefficient (Wildman–Crippen LogP) is 3.51. The number of halogens is 1. The van der Waals surface area contributed by atoms with Gasteiger partial charge in [0.25, 0.3) is 0 Å². The van der Waals surface area contributed by atoms with Gasteiger partial charge in [0.15, 0.2) is 0 Å². The van der Waals surface area contributed by atoms with Crippen molar-refractivity contribution in [3.8, 4) is 5.75 Å². The first-order valence-electron chi connectivity index (χ1n) is 10.6. The summed E-state index contributed by atoms with van der Waals surface area (Å²) in [6.07, 6.45) is -0.134. The van der Waals surface area contributed by atoms with Crippen molar-refractivity contribution in [2.24, 2.45) is 11.8 Å². The molecule has 0 amide bonds. The fourth-order valence-corrected chi connectivity index (χ4v) is 4.10. The van der Waals surface area contributed by atoms with Crippen molar-refractivity contribution in [3.63, 3.8) is 0 Å². The van der Waals surface area contributed by atoms with E-state index in [0.717, 1.165) is 35.0 Å². The van der Waals surface area contributed by atoms with Crippen molar-refractivity contribution >= 4 is 11.6 Å². The summed E-state index contributed by atoms with van der Waals surface area (Å²) in [6, 6.07) is 13.5. The fourth-order valence-electron chi connectivity index (χ4n) is 3.92. The third kappa shape index (κ3) is 4.82. The summed E-state index contributed by atoms with van der Waals surface area (Å²) in [6.45, 7) is 2.34. The second-order valence-electron chi connectivity index (χ2n) is 8.54. The van der Waals surface area contributed by atoms with Gasteiger partial charge in [-0.1, -0.05) is 42.8 Å². The van der Waals surface area contributed by atoms with E-state index >= 15 is 0 Å². The highest BCUT2D eigenvalue weighted by atomic mass is 35.5. The molecule has 0 bridgehead atoms. The average molecular weight is 433 g/mol. The molecule has 6 heteroatoms. The molecule has 0 radical (unpaired) electrons. The molecular weight excluding hydrogens is 404 g/mol. The number of rotatable bonds is 7. The number of benzene rings is 2. The summed E-state index contributed by atoms with van der Waals surface area (Å²) in [5, 5.41) is 31.1. The topological polar surface area (TPSA) is 79.2 Å². The Hall–Kier alpha value is -1.63. The van der Waals surface area contributed by atoms with Gasteiger partial charge in [0, 0.05) is 10.9 Å². The molecule has 4 rings (SSSR count). The zero-order chi connectivity index (χ0) is 21.3. The van der Waals surface area contributed by atoms with E-state index in [1.807, 2.05) is 30.3 Å². The molecule has 0 spiro atoms. The summed E-state index contributed by atoms with van der Waals surface area (Å²) >= 11 is 6.43. The first-order chi connectivity index (χ1) is 14.5. The van der Waals surface area contributed by atoms with Gasteiger partial charge in [-0.05, 0) is 60.1 Å². The summed E-state index contributed by atoms with van der Waals surface area (Å²) in [5.41, 5.74) is 2.74. The van der Waals surface area contributed by atoms with Gasteiger partial charge >= 0.3 is 0 Å². The normalized spacial score (nSPS) is 29.0. The van der Waals surface area contributed by atoms with Crippen LogP contribution in [0.5, 0.6) is 5.75 Å². The Morgan fingerprint density at radius 3 is 2.47 bits per heavy atom. The third-order valence-electron chi connectivity index (χ3n) is 6.19. The number of hydrogen-bond donors (Lipinski definition) is 3. The van der Waals surface area contributed by atoms with Crippen molar-refractivity contribution in [3.05, 3.63) is 64.2 Å². The second kappa shape index (κ2) is 9.25. The second-order valence-corrected chi connectivity index (χ2v) is 8.95. The lowest BCUT2D eigenvalue weighted by atomic mass is 9.85. The molecule has 1 aliphatic heterocycles. The van der Waals surface area contributed by atoms with E-state index in [4.69, 9.17) is 21.1 Å². The van der Waals surface area contributed by atoms with Crippen LogP contribution in [0.2, 0.25) is 5.02 Å². The molecule has 2 aliphatic rings. The average Bonchev–Trinajstić information content (AvgIpc) is 3.58. The quantitative estimate of drug-likeness (QED) is 0.624. The summed E-state index contributed by atoms with van der Waals surface area (Å²) in [4.78, 5) is 0. The lowest BCUT2D eigenvalue weighted by molar-refractivity contribution is -0.207. The maximum atomic E-state index is 10.5. The summed E-state index contributed by atoms with van der Waals surface area (Å²) in [5.74, 6) is 1.24. The van der Waals surface area contributed by atoms with Crippen LogP contribution < -0.4 is 4.74 Å². The standard InChI is InChI=1S/C24H29ClO5/c1-14-21(12-26)30-24(23(28)22(14)27)17-6-9-20(25)18(11-17)10-15-4-7-19(8-5-15)29-13-16-2-3-16/h4-9,11,14,16,21-24,26-28H,2-3,10,12-13H2,1H3/t14-,21-,22+,23-,24-/m1/s1. The van der Waals surface area contributed by atoms with Crippen LogP contribution in [-0.4, -0.2) is 46.8 Å². The number of aliphatic hydroxyl groups is 3. The minimum atomic E-state index is -1.07. The summed E-state index contributed by atoms with van der Waals surface area (Å²) < 4.78 is 11.7.